The molecule has 4 nitrogen and oxygen atoms in total. The predicted octanol–water partition coefficient (Wildman–Crippen LogP) is 2.85. The normalized spacial score (nSPS) is 12.4. The Morgan fingerprint density at radius 2 is 1.76 bits per heavy atom. The molecule has 1 rings (SSSR count). The van der Waals surface area contributed by atoms with Crippen LogP contribution in [0.25, 0.3) is 0 Å². The molecule has 0 fully saturated rings. The van der Waals surface area contributed by atoms with E-state index in [-0.39, 0.29) is 0 Å². The van der Waals surface area contributed by atoms with Crippen LogP contribution in [-0.2, 0) is 0 Å². The lowest BCUT2D eigenvalue weighted by Gasteiger charge is -2.13. The van der Waals surface area contributed by atoms with Crippen LogP contribution in [-0.4, -0.2) is 38.0 Å². The summed E-state index contributed by atoms with van der Waals surface area (Å²) < 4.78 is 10.6. The van der Waals surface area contributed by atoms with Gasteiger partial charge in [0.25, 0.3) is 0 Å². The third-order valence-corrected chi connectivity index (χ3v) is 3.27. The van der Waals surface area contributed by atoms with Gasteiger partial charge in [0.1, 0.15) is 24.2 Å². The van der Waals surface area contributed by atoms with Gasteiger partial charge in [-0.15, -0.1) is 0 Å². The zero-order valence-electron chi connectivity index (χ0n) is 13.5. The first-order valence-corrected chi connectivity index (χ1v) is 7.77. The van der Waals surface area contributed by atoms with Crippen LogP contribution in [0.3, 0.4) is 0 Å². The van der Waals surface area contributed by atoms with E-state index in [2.05, 4.69) is 19.2 Å². The van der Waals surface area contributed by atoms with E-state index in [1.54, 1.807) is 7.11 Å². The average Bonchev–Trinajstić information content (AvgIpc) is 2.49. The van der Waals surface area contributed by atoms with E-state index in [4.69, 9.17) is 9.47 Å². The Kier molecular flexibility index (Phi) is 8.87. The smallest absolute Gasteiger partial charge is 0.119 e. The molecule has 0 saturated carbocycles. The summed E-state index contributed by atoms with van der Waals surface area (Å²) in [7, 11) is 1.63. The molecular weight excluding hydrogens is 266 g/mol. The lowest BCUT2D eigenvalue weighted by atomic mass is 10.1. The maximum absolute atomic E-state index is 9.84. The first kappa shape index (κ1) is 17.8. The highest BCUT2D eigenvalue weighted by Gasteiger charge is 2.05. The van der Waals surface area contributed by atoms with E-state index >= 15 is 0 Å². The minimum atomic E-state index is -0.489. The number of rotatable bonds is 11. The fourth-order valence-electron chi connectivity index (χ4n) is 1.99. The fraction of sp³-hybridized carbons (Fsp3) is 0.647. The highest BCUT2D eigenvalue weighted by molar-refractivity contribution is 5.31. The van der Waals surface area contributed by atoms with Crippen LogP contribution in [0.2, 0.25) is 0 Å². The van der Waals surface area contributed by atoms with Gasteiger partial charge in [0.05, 0.1) is 7.11 Å². The first-order valence-electron chi connectivity index (χ1n) is 7.77. The lowest BCUT2D eigenvalue weighted by Crippen LogP contribution is -2.32. The van der Waals surface area contributed by atoms with Crippen LogP contribution in [0.1, 0.15) is 33.1 Å². The predicted molar refractivity (Wildman–Crippen MR) is 86.1 cm³/mol. The van der Waals surface area contributed by atoms with Crippen molar-refractivity contribution < 1.29 is 14.6 Å². The quantitative estimate of drug-likeness (QED) is 0.616. The molecule has 0 spiro atoms. The Morgan fingerprint density at radius 1 is 1.10 bits per heavy atom. The summed E-state index contributed by atoms with van der Waals surface area (Å²) in [6.07, 6.45) is 3.18. The highest BCUT2D eigenvalue weighted by Crippen LogP contribution is 2.16. The van der Waals surface area contributed by atoms with Crippen molar-refractivity contribution in [1.29, 1.82) is 0 Å². The van der Waals surface area contributed by atoms with Gasteiger partial charge in [-0.1, -0.05) is 26.7 Å². The molecule has 0 aliphatic carbocycles. The molecule has 0 bridgehead atoms. The molecule has 1 aromatic carbocycles. The second-order valence-corrected chi connectivity index (χ2v) is 5.73. The van der Waals surface area contributed by atoms with Crippen molar-refractivity contribution in [3.05, 3.63) is 24.3 Å². The Bertz CT molecular complexity index is 365. The molecule has 0 amide bonds. The van der Waals surface area contributed by atoms with Gasteiger partial charge < -0.3 is 19.9 Å². The van der Waals surface area contributed by atoms with Gasteiger partial charge in [0, 0.05) is 6.54 Å². The van der Waals surface area contributed by atoms with E-state index in [0.29, 0.717) is 13.2 Å². The summed E-state index contributed by atoms with van der Waals surface area (Å²) in [4.78, 5) is 0. The highest BCUT2D eigenvalue weighted by atomic mass is 16.5. The van der Waals surface area contributed by atoms with Crippen molar-refractivity contribution in [2.75, 3.05) is 26.8 Å². The van der Waals surface area contributed by atoms with Crippen LogP contribution in [0, 0.1) is 5.92 Å². The van der Waals surface area contributed by atoms with Crippen molar-refractivity contribution in [2.24, 2.45) is 5.92 Å². The minimum Gasteiger partial charge on any atom is -0.497 e. The van der Waals surface area contributed by atoms with E-state index in [9.17, 15) is 5.11 Å². The van der Waals surface area contributed by atoms with Gasteiger partial charge in [0.15, 0.2) is 0 Å². The van der Waals surface area contributed by atoms with Crippen molar-refractivity contribution in [2.45, 2.75) is 39.2 Å². The number of aliphatic hydroxyl groups excluding tert-OH is 1. The third-order valence-electron chi connectivity index (χ3n) is 3.27. The van der Waals surface area contributed by atoms with Crippen molar-refractivity contribution in [3.8, 4) is 11.5 Å². The summed E-state index contributed by atoms with van der Waals surface area (Å²) in [5.74, 6) is 2.31. The van der Waals surface area contributed by atoms with E-state index < -0.39 is 6.10 Å². The Morgan fingerprint density at radius 3 is 2.38 bits per heavy atom. The standard InChI is InChI=1S/C17H29NO3/c1-14(2)6-4-5-11-18-12-15(19)13-21-17-9-7-16(20-3)8-10-17/h7-10,14-15,18-19H,4-6,11-13H2,1-3H3. The van der Waals surface area contributed by atoms with Gasteiger partial charge in [0.2, 0.25) is 0 Å². The SMILES string of the molecule is COc1ccc(OCC(O)CNCCCCC(C)C)cc1. The molecule has 0 heterocycles. The van der Waals surface area contributed by atoms with Crippen LogP contribution in [0.4, 0.5) is 0 Å². The number of ether oxygens (including phenoxy) is 2. The second kappa shape index (κ2) is 10.5. The number of methoxy groups -OCH3 is 1. The summed E-state index contributed by atoms with van der Waals surface area (Å²) >= 11 is 0. The zero-order chi connectivity index (χ0) is 15.5. The minimum absolute atomic E-state index is 0.297. The molecular formula is C17H29NO3. The van der Waals surface area contributed by atoms with Crippen LogP contribution >= 0.6 is 0 Å². The summed E-state index contributed by atoms with van der Waals surface area (Å²) in [6, 6.07) is 7.36. The molecule has 120 valence electrons. The fourth-order valence-corrected chi connectivity index (χ4v) is 1.99. The van der Waals surface area contributed by atoms with Crippen molar-refractivity contribution >= 4 is 0 Å². The number of hydrogen-bond acceptors (Lipinski definition) is 4. The summed E-state index contributed by atoms with van der Waals surface area (Å²) in [6.45, 7) is 6.30. The number of unbranched alkanes of at least 4 members (excludes halogenated alkanes) is 1. The van der Waals surface area contributed by atoms with Crippen molar-refractivity contribution in [1.82, 2.24) is 5.32 Å². The topological polar surface area (TPSA) is 50.7 Å². The average molecular weight is 295 g/mol. The van der Waals surface area contributed by atoms with Gasteiger partial charge in [-0.2, -0.15) is 0 Å². The maximum atomic E-state index is 9.84. The lowest BCUT2D eigenvalue weighted by molar-refractivity contribution is 0.106. The van der Waals surface area contributed by atoms with Crippen LogP contribution in [0.15, 0.2) is 24.3 Å². The Balaban J connectivity index is 2.06. The molecule has 0 radical (unpaired) electrons. The number of hydrogen-bond donors (Lipinski definition) is 2. The van der Waals surface area contributed by atoms with E-state index in [1.165, 1.54) is 12.8 Å². The molecule has 0 aliphatic heterocycles. The molecule has 0 saturated heterocycles. The van der Waals surface area contributed by atoms with Crippen LogP contribution in [0.5, 0.6) is 11.5 Å². The van der Waals surface area contributed by atoms with E-state index in [0.717, 1.165) is 30.4 Å². The summed E-state index contributed by atoms with van der Waals surface area (Å²) in [5, 5.41) is 13.1. The third kappa shape index (κ3) is 8.58. The molecule has 1 unspecified atom stereocenters. The van der Waals surface area contributed by atoms with Gasteiger partial charge in [-0.3, -0.25) is 0 Å². The Hall–Kier alpha value is -1.26. The molecule has 21 heavy (non-hydrogen) atoms. The largest absolute Gasteiger partial charge is 0.497 e. The van der Waals surface area contributed by atoms with E-state index in [1.807, 2.05) is 24.3 Å². The number of nitrogens with one attached hydrogen (secondary N) is 1. The summed E-state index contributed by atoms with van der Waals surface area (Å²) in [5.41, 5.74) is 0. The maximum Gasteiger partial charge on any atom is 0.119 e. The molecule has 2 N–H and O–H groups in total. The monoisotopic (exact) mass is 295 g/mol. The molecule has 0 aromatic heterocycles. The van der Waals surface area contributed by atoms with Crippen molar-refractivity contribution in [3.63, 3.8) is 0 Å². The first-order chi connectivity index (χ1) is 10.1. The molecule has 0 aliphatic rings. The molecule has 1 atom stereocenters. The molecule has 1 aromatic rings. The van der Waals surface area contributed by atoms with Gasteiger partial charge >= 0.3 is 0 Å². The second-order valence-electron chi connectivity index (χ2n) is 5.73. The number of aliphatic hydroxyl groups is 1. The Labute approximate surface area is 128 Å². The van der Waals surface area contributed by atoms with Gasteiger partial charge in [-0.25, -0.2) is 0 Å². The van der Waals surface area contributed by atoms with Gasteiger partial charge in [-0.05, 0) is 43.1 Å². The number of benzene rings is 1. The van der Waals surface area contributed by atoms with Crippen LogP contribution < -0.4 is 14.8 Å². The zero-order valence-corrected chi connectivity index (χ0v) is 13.5. The molecule has 4 heteroatoms.